The lowest BCUT2D eigenvalue weighted by Gasteiger charge is -2.28. The molecular weight excluding hydrogens is 500 g/mol. The SMILES string of the molecule is COc1ccc2ccc(S(=O)(=O)N(Cc3ccccc3)[C@H]3CCN(Cc4ccnc(C#N)c4)C3=O)cc2c1. The van der Waals surface area contributed by atoms with Crippen molar-refractivity contribution in [1.29, 1.82) is 5.26 Å². The van der Waals surface area contributed by atoms with Crippen molar-refractivity contribution < 1.29 is 17.9 Å². The van der Waals surface area contributed by atoms with E-state index in [1.807, 2.05) is 48.5 Å². The van der Waals surface area contributed by atoms with Crippen LogP contribution in [0.1, 0.15) is 23.2 Å². The number of methoxy groups -OCH3 is 1. The fraction of sp³-hybridized carbons (Fsp3) is 0.207. The number of nitrogens with zero attached hydrogens (tertiary/aromatic N) is 4. The van der Waals surface area contributed by atoms with E-state index in [0.717, 1.165) is 21.9 Å². The van der Waals surface area contributed by atoms with Crippen molar-refractivity contribution in [3.05, 3.63) is 102 Å². The third-order valence-electron chi connectivity index (χ3n) is 6.74. The summed E-state index contributed by atoms with van der Waals surface area (Å²) >= 11 is 0. The van der Waals surface area contributed by atoms with Gasteiger partial charge < -0.3 is 9.64 Å². The molecule has 1 atom stereocenters. The highest BCUT2D eigenvalue weighted by atomic mass is 32.2. The molecular formula is C29H26N4O4S. The first-order valence-electron chi connectivity index (χ1n) is 12.2. The summed E-state index contributed by atoms with van der Waals surface area (Å²) < 4.78 is 34.8. The number of aromatic nitrogens is 1. The lowest BCUT2D eigenvalue weighted by molar-refractivity contribution is -0.131. The summed E-state index contributed by atoms with van der Waals surface area (Å²) in [6, 6.07) is 24.3. The Hall–Kier alpha value is -4.26. The van der Waals surface area contributed by atoms with Gasteiger partial charge in [-0.1, -0.05) is 42.5 Å². The number of ether oxygens (including phenoxy) is 1. The highest BCUT2D eigenvalue weighted by Gasteiger charge is 2.42. The molecule has 38 heavy (non-hydrogen) atoms. The van der Waals surface area contributed by atoms with E-state index < -0.39 is 16.1 Å². The smallest absolute Gasteiger partial charge is 0.244 e. The average Bonchev–Trinajstić information content (AvgIpc) is 3.30. The molecule has 8 nitrogen and oxygen atoms in total. The Balaban J connectivity index is 1.49. The van der Waals surface area contributed by atoms with E-state index in [9.17, 15) is 13.2 Å². The number of sulfonamides is 1. The van der Waals surface area contributed by atoms with Crippen molar-refractivity contribution in [2.45, 2.75) is 30.4 Å². The summed E-state index contributed by atoms with van der Waals surface area (Å²) in [6.45, 7) is 0.752. The van der Waals surface area contributed by atoms with Crippen molar-refractivity contribution in [3.63, 3.8) is 0 Å². The van der Waals surface area contributed by atoms with E-state index in [4.69, 9.17) is 10.00 Å². The van der Waals surface area contributed by atoms with Gasteiger partial charge in [-0.3, -0.25) is 4.79 Å². The van der Waals surface area contributed by atoms with Crippen molar-refractivity contribution in [2.24, 2.45) is 0 Å². The van der Waals surface area contributed by atoms with E-state index in [2.05, 4.69) is 4.98 Å². The number of carbonyl (C=O) groups is 1. The minimum Gasteiger partial charge on any atom is -0.497 e. The zero-order valence-electron chi connectivity index (χ0n) is 20.8. The fourth-order valence-electron chi connectivity index (χ4n) is 4.75. The normalized spacial score (nSPS) is 15.7. The molecule has 1 aromatic heterocycles. The average molecular weight is 527 g/mol. The van der Waals surface area contributed by atoms with Crippen LogP contribution >= 0.6 is 0 Å². The third kappa shape index (κ3) is 5.09. The van der Waals surface area contributed by atoms with Crippen LogP contribution in [0.5, 0.6) is 5.75 Å². The fourth-order valence-corrected chi connectivity index (χ4v) is 6.39. The second-order valence-electron chi connectivity index (χ2n) is 9.14. The Morgan fingerprint density at radius 3 is 2.58 bits per heavy atom. The van der Waals surface area contributed by atoms with Crippen molar-refractivity contribution in [2.75, 3.05) is 13.7 Å². The number of hydrogen-bond acceptors (Lipinski definition) is 6. The van der Waals surface area contributed by atoms with Gasteiger partial charge in [-0.15, -0.1) is 0 Å². The molecule has 0 aliphatic carbocycles. The number of rotatable bonds is 8. The predicted octanol–water partition coefficient (Wildman–Crippen LogP) is 4.11. The molecule has 1 aliphatic rings. The summed E-state index contributed by atoms with van der Waals surface area (Å²) in [5.74, 6) is 0.368. The molecule has 0 unspecified atom stereocenters. The maximum absolute atomic E-state index is 14.1. The summed E-state index contributed by atoms with van der Waals surface area (Å²) in [5, 5.41) is 10.8. The molecule has 192 valence electrons. The molecule has 9 heteroatoms. The number of hydrogen-bond donors (Lipinski definition) is 0. The summed E-state index contributed by atoms with van der Waals surface area (Å²) in [4.78, 5) is 19.3. The van der Waals surface area contributed by atoms with Crippen LogP contribution in [0.2, 0.25) is 0 Å². The Kier molecular flexibility index (Phi) is 7.09. The quantitative estimate of drug-likeness (QED) is 0.342. The minimum atomic E-state index is -4.04. The minimum absolute atomic E-state index is 0.0669. The van der Waals surface area contributed by atoms with Gasteiger partial charge in [0.15, 0.2) is 0 Å². The molecule has 0 spiro atoms. The third-order valence-corrected chi connectivity index (χ3v) is 8.59. The van der Waals surface area contributed by atoms with Gasteiger partial charge in [-0.05, 0) is 64.7 Å². The van der Waals surface area contributed by atoms with Crippen LogP contribution in [0.4, 0.5) is 0 Å². The molecule has 1 saturated heterocycles. The molecule has 2 heterocycles. The second kappa shape index (κ2) is 10.6. The van der Waals surface area contributed by atoms with Gasteiger partial charge in [0.05, 0.1) is 12.0 Å². The van der Waals surface area contributed by atoms with Crippen molar-refractivity contribution in [3.8, 4) is 11.8 Å². The maximum atomic E-state index is 14.1. The Labute approximate surface area is 221 Å². The largest absolute Gasteiger partial charge is 0.497 e. The number of likely N-dealkylation sites (tertiary alicyclic amines) is 1. The number of nitriles is 1. The Morgan fingerprint density at radius 2 is 1.82 bits per heavy atom. The monoisotopic (exact) mass is 526 g/mol. The van der Waals surface area contributed by atoms with Crippen LogP contribution in [0.3, 0.4) is 0 Å². The molecule has 0 bridgehead atoms. The first kappa shape index (κ1) is 25.4. The van der Waals surface area contributed by atoms with E-state index in [0.29, 0.717) is 18.7 Å². The first-order valence-corrected chi connectivity index (χ1v) is 13.6. The number of benzene rings is 3. The summed E-state index contributed by atoms with van der Waals surface area (Å²) in [5.41, 5.74) is 1.83. The van der Waals surface area contributed by atoms with Gasteiger partial charge in [-0.2, -0.15) is 9.57 Å². The van der Waals surface area contributed by atoms with E-state index >= 15 is 0 Å². The van der Waals surface area contributed by atoms with Gasteiger partial charge >= 0.3 is 0 Å². The van der Waals surface area contributed by atoms with Gasteiger partial charge in [0.1, 0.15) is 23.6 Å². The highest BCUT2D eigenvalue weighted by Crippen LogP contribution is 2.30. The van der Waals surface area contributed by atoms with Gasteiger partial charge in [0.2, 0.25) is 15.9 Å². The highest BCUT2D eigenvalue weighted by molar-refractivity contribution is 7.89. The maximum Gasteiger partial charge on any atom is 0.244 e. The predicted molar refractivity (Wildman–Crippen MR) is 142 cm³/mol. The van der Waals surface area contributed by atoms with E-state index in [-0.39, 0.29) is 29.6 Å². The number of fused-ring (bicyclic) bond motifs is 1. The molecule has 1 fully saturated rings. The molecule has 0 N–H and O–H groups in total. The molecule has 3 aromatic carbocycles. The number of carbonyl (C=O) groups excluding carboxylic acids is 1. The Bertz CT molecular complexity index is 1630. The molecule has 4 aromatic rings. The lowest BCUT2D eigenvalue weighted by Crippen LogP contribution is -2.44. The zero-order chi connectivity index (χ0) is 26.7. The van der Waals surface area contributed by atoms with Crippen LogP contribution < -0.4 is 4.74 Å². The standard InChI is InChI=1S/C29H26N4O4S/c1-37-26-9-7-23-8-10-27(17-24(23)16-26)38(35,36)33(20-21-5-3-2-4-6-21)28-12-14-32(29(28)34)19-22-11-13-31-25(15-22)18-30/h2-11,13,15-17,28H,12,14,19-20H2,1H3/t28-/m0/s1. The second-order valence-corrected chi connectivity index (χ2v) is 11.0. The molecule has 1 amide bonds. The number of pyridine rings is 1. The van der Waals surface area contributed by atoms with Crippen LogP contribution in [0.25, 0.3) is 10.8 Å². The number of amides is 1. The Morgan fingerprint density at radius 1 is 1.03 bits per heavy atom. The summed E-state index contributed by atoms with van der Waals surface area (Å²) in [6.07, 6.45) is 1.90. The summed E-state index contributed by atoms with van der Waals surface area (Å²) in [7, 11) is -2.48. The van der Waals surface area contributed by atoms with Crippen LogP contribution in [0, 0.1) is 11.3 Å². The zero-order valence-corrected chi connectivity index (χ0v) is 21.6. The molecule has 0 radical (unpaired) electrons. The van der Waals surface area contributed by atoms with Gasteiger partial charge in [0.25, 0.3) is 0 Å². The molecule has 5 rings (SSSR count). The molecule has 1 aliphatic heterocycles. The van der Waals surface area contributed by atoms with Crippen molar-refractivity contribution >= 4 is 26.7 Å². The topological polar surface area (TPSA) is 104 Å². The van der Waals surface area contributed by atoms with E-state index in [1.165, 1.54) is 10.5 Å². The van der Waals surface area contributed by atoms with Crippen LogP contribution in [-0.4, -0.2) is 48.2 Å². The van der Waals surface area contributed by atoms with E-state index in [1.54, 1.807) is 48.4 Å². The van der Waals surface area contributed by atoms with Crippen molar-refractivity contribution in [1.82, 2.24) is 14.2 Å². The van der Waals surface area contributed by atoms with Crippen LogP contribution in [0.15, 0.2) is 90.0 Å². The van der Waals surface area contributed by atoms with Gasteiger partial charge in [0, 0.05) is 25.8 Å². The molecule has 0 saturated carbocycles. The van der Waals surface area contributed by atoms with Gasteiger partial charge in [-0.25, -0.2) is 13.4 Å². The first-order chi connectivity index (χ1) is 18.4. The van der Waals surface area contributed by atoms with Crippen LogP contribution in [-0.2, 0) is 27.9 Å². The lowest BCUT2D eigenvalue weighted by atomic mass is 10.1.